The summed E-state index contributed by atoms with van der Waals surface area (Å²) in [6.45, 7) is 21.0. The second kappa shape index (κ2) is 18.3. The van der Waals surface area contributed by atoms with E-state index < -0.39 is 7.12 Å². The average Bonchev–Trinajstić information content (AvgIpc) is 3.09. The summed E-state index contributed by atoms with van der Waals surface area (Å²) in [6, 6.07) is 12.9. The molecule has 4 heterocycles. The number of fused-ring (bicyclic) bond motifs is 2. The lowest BCUT2D eigenvalue weighted by Crippen LogP contribution is -2.44. The Hall–Kier alpha value is -3.57. The number of aromatic nitrogens is 1. The summed E-state index contributed by atoms with van der Waals surface area (Å²) in [7, 11) is -1.11. The molecule has 0 bridgehead atoms. The number of oxime groups is 1. The number of hydrogen-bond acceptors (Lipinski definition) is 9. The molecule has 1 unspecified atom stereocenters. The van der Waals surface area contributed by atoms with Crippen LogP contribution in [-0.4, -0.2) is 54.9 Å². The van der Waals surface area contributed by atoms with Crippen LogP contribution in [0.2, 0.25) is 5.15 Å². The molecule has 258 valence electrons. The number of aryl methyl sites for hydroxylation is 1. The molecular weight excluding hydrogens is 648 g/mol. The molecule has 2 aromatic heterocycles. The zero-order valence-corrected chi connectivity index (χ0v) is 31.0. The van der Waals surface area contributed by atoms with Crippen LogP contribution in [0, 0.1) is 13.8 Å². The van der Waals surface area contributed by atoms with Gasteiger partial charge >= 0.3 is 7.12 Å². The molecule has 0 aliphatic carbocycles. The minimum absolute atomic E-state index is 0.0114. The zero-order valence-electron chi connectivity index (χ0n) is 29.4. The predicted octanol–water partition coefficient (Wildman–Crippen LogP) is 7.45. The molecule has 9 nitrogen and oxygen atoms in total. The number of anilines is 2. The van der Waals surface area contributed by atoms with Gasteiger partial charge in [0.05, 0.1) is 34.6 Å². The van der Waals surface area contributed by atoms with Gasteiger partial charge in [-0.3, -0.25) is 4.79 Å². The van der Waals surface area contributed by atoms with Crippen molar-refractivity contribution in [1.29, 1.82) is 0 Å². The van der Waals surface area contributed by atoms with Gasteiger partial charge in [-0.2, -0.15) is 0 Å². The van der Waals surface area contributed by atoms with Crippen molar-refractivity contribution in [2.45, 2.75) is 73.7 Å². The normalized spacial score (nSPS) is 14.0. The number of benzene rings is 2. The maximum Gasteiger partial charge on any atom is 0.583 e. The third-order valence-corrected chi connectivity index (χ3v) is 7.66. The fourth-order valence-corrected chi connectivity index (χ4v) is 5.54. The number of pyridine rings is 1. The van der Waals surface area contributed by atoms with Crippen molar-refractivity contribution in [1.82, 2.24) is 10.3 Å². The number of rotatable bonds is 5. The van der Waals surface area contributed by atoms with Crippen molar-refractivity contribution in [3.63, 3.8) is 0 Å². The second-order valence-corrected chi connectivity index (χ2v) is 12.5. The van der Waals surface area contributed by atoms with Gasteiger partial charge in [-0.25, -0.2) is 4.98 Å². The van der Waals surface area contributed by atoms with Crippen LogP contribution in [-0.2, 0) is 4.76 Å². The van der Waals surface area contributed by atoms with Gasteiger partial charge in [-0.05, 0) is 70.0 Å². The van der Waals surface area contributed by atoms with Crippen LogP contribution in [0.3, 0.4) is 0 Å². The van der Waals surface area contributed by atoms with Crippen molar-refractivity contribution in [2.24, 2.45) is 5.16 Å². The molecule has 2 aliphatic heterocycles. The first-order valence-electron chi connectivity index (χ1n) is 16.7. The van der Waals surface area contributed by atoms with E-state index in [4.69, 9.17) is 32.4 Å². The van der Waals surface area contributed by atoms with E-state index in [2.05, 4.69) is 31.7 Å². The quantitative estimate of drug-likeness (QED) is 0.112. The van der Waals surface area contributed by atoms with E-state index in [-0.39, 0.29) is 11.5 Å². The van der Waals surface area contributed by atoms with E-state index in [9.17, 15) is 9.82 Å². The lowest BCUT2D eigenvalue weighted by molar-refractivity contribution is 0.286. The molecule has 1 atom stereocenters. The van der Waals surface area contributed by atoms with Gasteiger partial charge in [0.2, 0.25) is 5.88 Å². The van der Waals surface area contributed by atoms with E-state index in [0.717, 1.165) is 54.1 Å². The number of nitrogens with one attached hydrogen (secondary N) is 2. The smallest absolute Gasteiger partial charge is 0.440 e. The van der Waals surface area contributed by atoms with E-state index in [1.807, 2.05) is 86.6 Å². The summed E-state index contributed by atoms with van der Waals surface area (Å²) < 4.78 is 11.5. The minimum Gasteiger partial charge on any atom is -0.440 e. The standard InChI is InChI=1S/C29H29BClN5O4.C3H7Cl.2C2H6/c1-16-12-21(28-22(13-16)27(37)17(2)29(39-28)36-10-8-32-9-11-36)18(3)34-24-6-7-25(31)35-26(24)19-4-5-23-20(14-19)15-33-40-30(23)38;1-3(2)4;2*1-2/h4-7,12-15,18,32,34,38H,8-11H2,1-3H3;3H,1-2H3;2*1-2H3. The molecule has 12 heteroatoms. The minimum atomic E-state index is -1.11. The van der Waals surface area contributed by atoms with Crippen molar-refractivity contribution < 1.29 is 14.2 Å². The summed E-state index contributed by atoms with van der Waals surface area (Å²) >= 11 is 11.6. The first-order valence-corrected chi connectivity index (χ1v) is 17.5. The Morgan fingerprint density at radius 2 is 1.69 bits per heavy atom. The van der Waals surface area contributed by atoms with Crippen LogP contribution < -0.4 is 26.4 Å². The summed E-state index contributed by atoms with van der Waals surface area (Å²) in [5, 5.41) is 22.0. The maximum absolute atomic E-state index is 13.5. The monoisotopic (exact) mass is 695 g/mol. The Kier molecular flexibility index (Phi) is 14.8. The van der Waals surface area contributed by atoms with Gasteiger partial charge in [0.25, 0.3) is 0 Å². The Bertz CT molecular complexity index is 1760. The van der Waals surface area contributed by atoms with Crippen LogP contribution >= 0.6 is 23.2 Å². The molecule has 6 rings (SSSR count). The van der Waals surface area contributed by atoms with E-state index in [1.165, 1.54) is 0 Å². The van der Waals surface area contributed by atoms with E-state index >= 15 is 0 Å². The van der Waals surface area contributed by atoms with Crippen molar-refractivity contribution in [3.05, 3.63) is 80.1 Å². The summed E-state index contributed by atoms with van der Waals surface area (Å²) in [5.74, 6) is 0.632. The lowest BCUT2D eigenvalue weighted by Gasteiger charge is -2.29. The van der Waals surface area contributed by atoms with E-state index in [1.54, 1.807) is 18.3 Å². The molecule has 0 radical (unpaired) electrons. The van der Waals surface area contributed by atoms with Crippen molar-refractivity contribution >= 4 is 64.5 Å². The topological polar surface area (TPSA) is 112 Å². The van der Waals surface area contributed by atoms with Gasteiger partial charge in [0, 0.05) is 48.1 Å². The third kappa shape index (κ3) is 9.32. The maximum atomic E-state index is 13.5. The SMILES string of the molecule is CC.CC.CC(C)Cl.Cc1cc(C(C)Nc2ccc(Cl)nc2-c2ccc3c(c2)C=NOB3O)c2oc(N3CCNCC3)c(C)c(=O)c2c1. The first-order chi connectivity index (χ1) is 23.0. The largest absolute Gasteiger partial charge is 0.583 e. The zero-order chi connectivity index (χ0) is 35.5. The fraction of sp³-hybridized carbons (Fsp3) is 0.417. The molecule has 0 amide bonds. The van der Waals surface area contributed by atoms with Crippen molar-refractivity contribution in [3.8, 4) is 11.3 Å². The first kappa shape index (κ1) is 38.9. The van der Waals surface area contributed by atoms with Gasteiger partial charge in [-0.1, -0.05) is 57.5 Å². The Balaban J connectivity index is 0.000000717. The Morgan fingerprint density at radius 3 is 2.35 bits per heavy atom. The number of halogens is 2. The molecule has 2 aromatic carbocycles. The number of piperazine rings is 1. The second-order valence-electron chi connectivity index (χ2n) is 11.3. The number of hydrogen-bond donors (Lipinski definition) is 3. The molecule has 2 aliphatic rings. The third-order valence-electron chi connectivity index (χ3n) is 7.45. The van der Waals surface area contributed by atoms with E-state index in [0.29, 0.717) is 44.1 Å². The van der Waals surface area contributed by atoms with Crippen molar-refractivity contribution in [2.75, 3.05) is 36.4 Å². The molecular formula is C36H48BCl2N5O4. The Morgan fingerprint density at radius 1 is 1.02 bits per heavy atom. The van der Waals surface area contributed by atoms with Crippen LogP contribution in [0.4, 0.5) is 11.6 Å². The summed E-state index contributed by atoms with van der Waals surface area (Å²) in [5.41, 5.74) is 6.61. The van der Waals surface area contributed by atoms with Crippen LogP contribution in [0.15, 0.2) is 56.8 Å². The Labute approximate surface area is 294 Å². The lowest BCUT2D eigenvalue weighted by atomic mass is 9.75. The summed E-state index contributed by atoms with van der Waals surface area (Å²) in [4.78, 5) is 20.3. The van der Waals surface area contributed by atoms with Crippen LogP contribution in [0.25, 0.3) is 22.2 Å². The predicted molar refractivity (Wildman–Crippen MR) is 204 cm³/mol. The highest BCUT2D eigenvalue weighted by Crippen LogP contribution is 2.35. The molecule has 3 N–H and O–H groups in total. The molecule has 1 fully saturated rings. The highest BCUT2D eigenvalue weighted by molar-refractivity contribution is 6.62. The van der Waals surface area contributed by atoms with Crippen LogP contribution in [0.1, 0.15) is 76.8 Å². The average molecular weight is 697 g/mol. The van der Waals surface area contributed by atoms with Gasteiger partial charge < -0.3 is 29.7 Å². The fourth-order valence-electron chi connectivity index (χ4n) is 5.39. The number of alkyl halides is 1. The van der Waals surface area contributed by atoms with Gasteiger partial charge in [0.1, 0.15) is 10.7 Å². The molecule has 4 aromatic rings. The number of nitrogens with zero attached hydrogens (tertiary/aromatic N) is 3. The van der Waals surface area contributed by atoms with Gasteiger partial charge in [0.15, 0.2) is 5.43 Å². The molecule has 0 spiro atoms. The summed E-state index contributed by atoms with van der Waals surface area (Å²) in [6.07, 6.45) is 1.56. The molecule has 48 heavy (non-hydrogen) atoms. The molecule has 0 saturated carbocycles. The van der Waals surface area contributed by atoms with Gasteiger partial charge in [-0.15, -0.1) is 16.8 Å². The van der Waals surface area contributed by atoms with Crippen LogP contribution in [0.5, 0.6) is 0 Å². The highest BCUT2D eigenvalue weighted by Gasteiger charge is 2.26. The molecule has 1 saturated heterocycles. The highest BCUT2D eigenvalue weighted by atomic mass is 35.5.